The second-order valence-electron chi connectivity index (χ2n) is 7.86. The van der Waals surface area contributed by atoms with Gasteiger partial charge in [-0.15, -0.1) is 0 Å². The maximum Gasteiger partial charge on any atom is 0.251 e. The third-order valence-electron chi connectivity index (χ3n) is 5.31. The Balaban J connectivity index is 1.54. The zero-order chi connectivity index (χ0) is 24.1. The summed E-state index contributed by atoms with van der Waals surface area (Å²) in [6.07, 6.45) is 2.71. The molecule has 1 heterocycles. The number of carbonyl (C=O) groups excluding carboxylic acids is 1. The fourth-order valence-corrected chi connectivity index (χ4v) is 5.87. The molecule has 0 unspecified atom stereocenters. The normalized spacial score (nSPS) is 15.4. The number of benzene rings is 2. The Morgan fingerprint density at radius 2 is 1.64 bits per heavy atom. The Labute approximate surface area is 195 Å². The van der Waals surface area contributed by atoms with Crippen molar-refractivity contribution in [1.29, 1.82) is 0 Å². The van der Waals surface area contributed by atoms with Crippen molar-refractivity contribution < 1.29 is 26.4 Å². The van der Waals surface area contributed by atoms with Gasteiger partial charge in [0.15, 0.2) is 0 Å². The molecule has 1 aliphatic heterocycles. The summed E-state index contributed by atoms with van der Waals surface area (Å²) in [7, 11) is -4.20. The van der Waals surface area contributed by atoms with Gasteiger partial charge >= 0.3 is 0 Å². The van der Waals surface area contributed by atoms with E-state index in [-0.39, 0.29) is 28.5 Å². The van der Waals surface area contributed by atoms with Gasteiger partial charge in [-0.05, 0) is 55.3 Å². The number of amides is 1. The van der Waals surface area contributed by atoms with Gasteiger partial charge < -0.3 is 10.1 Å². The van der Waals surface area contributed by atoms with Crippen molar-refractivity contribution in [3.8, 4) is 5.75 Å². The van der Waals surface area contributed by atoms with Crippen molar-refractivity contribution in [2.24, 2.45) is 0 Å². The molecule has 0 atom stereocenters. The van der Waals surface area contributed by atoms with Gasteiger partial charge in [0, 0.05) is 32.7 Å². The predicted octanol–water partition coefficient (Wildman–Crippen LogP) is 1.92. The van der Waals surface area contributed by atoms with Crippen LogP contribution in [0.2, 0.25) is 0 Å². The topological polar surface area (TPSA) is 113 Å². The highest BCUT2D eigenvalue weighted by atomic mass is 32.2. The number of carbonyl (C=O) groups is 1. The number of hydrogen-bond donors (Lipinski definition) is 1. The summed E-state index contributed by atoms with van der Waals surface area (Å²) in [6.45, 7) is 1.35. The first-order valence-electron chi connectivity index (χ1n) is 10.7. The smallest absolute Gasteiger partial charge is 0.251 e. The summed E-state index contributed by atoms with van der Waals surface area (Å²) in [4.78, 5) is 12.8. The molecule has 0 radical (unpaired) electrons. The zero-order valence-electron chi connectivity index (χ0n) is 18.7. The molecule has 11 heteroatoms. The minimum atomic E-state index is -3.62. The molecule has 0 spiro atoms. The minimum Gasteiger partial charge on any atom is -0.492 e. The van der Waals surface area contributed by atoms with E-state index in [0.717, 1.165) is 23.6 Å². The molecule has 0 bridgehead atoms. The van der Waals surface area contributed by atoms with Crippen LogP contribution in [0.3, 0.4) is 0 Å². The highest BCUT2D eigenvalue weighted by Gasteiger charge is 2.26. The number of rotatable bonds is 9. The number of nitrogens with zero attached hydrogens (tertiary/aromatic N) is 2. The van der Waals surface area contributed by atoms with E-state index in [0.29, 0.717) is 18.8 Å². The van der Waals surface area contributed by atoms with Crippen LogP contribution in [0.5, 0.6) is 5.75 Å². The van der Waals surface area contributed by atoms with E-state index in [1.807, 2.05) is 0 Å². The molecule has 1 N–H and O–H groups in total. The molecular formula is C22H29N3O6S2. The monoisotopic (exact) mass is 495 g/mol. The quantitative estimate of drug-likeness (QED) is 0.532. The van der Waals surface area contributed by atoms with Crippen LogP contribution in [0.25, 0.3) is 0 Å². The van der Waals surface area contributed by atoms with Gasteiger partial charge in [0.05, 0.1) is 16.3 Å². The molecule has 2 aromatic rings. The van der Waals surface area contributed by atoms with Gasteiger partial charge in [-0.3, -0.25) is 4.79 Å². The van der Waals surface area contributed by atoms with Crippen molar-refractivity contribution in [2.75, 3.05) is 40.3 Å². The Morgan fingerprint density at radius 3 is 2.27 bits per heavy atom. The molecular weight excluding hydrogens is 466 g/mol. The number of nitrogens with one attached hydrogen (secondary N) is 1. The van der Waals surface area contributed by atoms with Crippen molar-refractivity contribution in [3.05, 3.63) is 54.1 Å². The summed E-state index contributed by atoms with van der Waals surface area (Å²) in [5.74, 6) is 0.0679. The molecule has 3 rings (SSSR count). The number of piperidine rings is 1. The first-order valence-corrected chi connectivity index (χ1v) is 13.5. The maximum absolute atomic E-state index is 12.8. The van der Waals surface area contributed by atoms with E-state index in [1.165, 1.54) is 42.7 Å². The average molecular weight is 496 g/mol. The SMILES string of the molecule is CN(C)S(=O)(=O)c1ccc(OCCNC(=O)c2cccc(S(=O)(=O)N3CCCCC3)c2)cc1. The Bertz CT molecular complexity index is 1170. The molecule has 1 amide bonds. The molecule has 9 nitrogen and oxygen atoms in total. The van der Waals surface area contributed by atoms with E-state index in [4.69, 9.17) is 4.74 Å². The van der Waals surface area contributed by atoms with E-state index in [2.05, 4.69) is 5.32 Å². The van der Waals surface area contributed by atoms with Gasteiger partial charge in [0.2, 0.25) is 20.0 Å². The van der Waals surface area contributed by atoms with Crippen LogP contribution < -0.4 is 10.1 Å². The first kappa shape index (κ1) is 25.2. The summed E-state index contributed by atoms with van der Waals surface area (Å²) < 4.78 is 58.0. The third-order valence-corrected chi connectivity index (χ3v) is 9.03. The van der Waals surface area contributed by atoms with Crippen LogP contribution in [0.15, 0.2) is 58.3 Å². The summed E-state index contributed by atoms with van der Waals surface area (Å²) in [5.41, 5.74) is 0.256. The lowest BCUT2D eigenvalue weighted by Gasteiger charge is -2.26. The second-order valence-corrected chi connectivity index (χ2v) is 11.9. The summed E-state index contributed by atoms with van der Waals surface area (Å²) in [6, 6.07) is 12.0. The van der Waals surface area contributed by atoms with Crippen molar-refractivity contribution >= 4 is 26.0 Å². The first-order chi connectivity index (χ1) is 15.6. The van der Waals surface area contributed by atoms with Gasteiger partial charge in [-0.1, -0.05) is 12.5 Å². The molecule has 1 aliphatic rings. The zero-order valence-corrected chi connectivity index (χ0v) is 20.4. The Morgan fingerprint density at radius 1 is 0.970 bits per heavy atom. The molecule has 33 heavy (non-hydrogen) atoms. The fraction of sp³-hybridized carbons (Fsp3) is 0.409. The highest BCUT2D eigenvalue weighted by molar-refractivity contribution is 7.89. The van der Waals surface area contributed by atoms with Crippen LogP contribution >= 0.6 is 0 Å². The van der Waals surface area contributed by atoms with Gasteiger partial charge in [0.25, 0.3) is 5.91 Å². The third kappa shape index (κ3) is 6.11. The summed E-state index contributed by atoms with van der Waals surface area (Å²) >= 11 is 0. The van der Waals surface area contributed by atoms with Crippen molar-refractivity contribution in [2.45, 2.75) is 29.1 Å². The van der Waals surface area contributed by atoms with Gasteiger partial charge in [-0.25, -0.2) is 21.1 Å². The van der Waals surface area contributed by atoms with Crippen LogP contribution in [-0.4, -0.2) is 71.7 Å². The fourth-order valence-electron chi connectivity index (χ4n) is 3.41. The minimum absolute atomic E-state index is 0.112. The molecule has 1 saturated heterocycles. The average Bonchev–Trinajstić information content (AvgIpc) is 2.82. The highest BCUT2D eigenvalue weighted by Crippen LogP contribution is 2.21. The Hall–Kier alpha value is -2.47. The molecule has 180 valence electrons. The lowest BCUT2D eigenvalue weighted by atomic mass is 10.2. The largest absolute Gasteiger partial charge is 0.492 e. The lowest BCUT2D eigenvalue weighted by Crippen LogP contribution is -2.35. The lowest BCUT2D eigenvalue weighted by molar-refractivity contribution is 0.0946. The number of hydrogen-bond acceptors (Lipinski definition) is 6. The number of ether oxygens (including phenoxy) is 1. The molecule has 0 saturated carbocycles. The van der Waals surface area contributed by atoms with E-state index in [9.17, 15) is 21.6 Å². The van der Waals surface area contributed by atoms with Crippen molar-refractivity contribution in [3.63, 3.8) is 0 Å². The van der Waals surface area contributed by atoms with Crippen LogP contribution in [-0.2, 0) is 20.0 Å². The van der Waals surface area contributed by atoms with Crippen LogP contribution in [0.1, 0.15) is 29.6 Å². The summed E-state index contributed by atoms with van der Waals surface area (Å²) in [5, 5.41) is 2.70. The molecule has 1 fully saturated rings. The van der Waals surface area contributed by atoms with Gasteiger partial charge in [-0.2, -0.15) is 4.31 Å². The standard InChI is InChI=1S/C22H29N3O6S2/c1-24(2)32(27,28)20-11-9-19(10-12-20)31-16-13-23-22(26)18-7-6-8-21(17-18)33(29,30)25-14-4-3-5-15-25/h6-12,17H,3-5,13-16H2,1-2H3,(H,23,26). The second kappa shape index (κ2) is 10.6. The Kier molecular flexibility index (Phi) is 8.11. The molecule has 0 aliphatic carbocycles. The van der Waals surface area contributed by atoms with Crippen LogP contribution in [0.4, 0.5) is 0 Å². The van der Waals surface area contributed by atoms with Crippen molar-refractivity contribution in [1.82, 2.24) is 13.9 Å². The maximum atomic E-state index is 12.8. The predicted molar refractivity (Wildman–Crippen MR) is 124 cm³/mol. The van der Waals surface area contributed by atoms with E-state index < -0.39 is 26.0 Å². The molecule has 0 aromatic heterocycles. The number of sulfonamides is 2. The van der Waals surface area contributed by atoms with E-state index in [1.54, 1.807) is 24.3 Å². The van der Waals surface area contributed by atoms with Gasteiger partial charge in [0.1, 0.15) is 12.4 Å². The van der Waals surface area contributed by atoms with Crippen LogP contribution in [0, 0.1) is 0 Å². The molecule has 2 aromatic carbocycles. The van der Waals surface area contributed by atoms with E-state index >= 15 is 0 Å².